The molecule has 42 heavy (non-hydrogen) atoms. The molecule has 0 unspecified atom stereocenters. The highest BCUT2D eigenvalue weighted by molar-refractivity contribution is 7.16. The van der Waals surface area contributed by atoms with Gasteiger partial charge in [-0.15, -0.1) is 0 Å². The van der Waals surface area contributed by atoms with E-state index in [9.17, 15) is 19.6 Å². The standard InChI is InChI=1S/C29H30F2N8O2S/c1-3-22-28(35(2)29-33-27(25(13-32)42-29)18-4-6-19(30)7-5-18)24-12-23(21(31)16-39(24)34-22)37-10-8-36(9-11-37)17-26(41)38-14-20(40)15-38/h4-7,12,16,20,40H,3,8-11,14-15,17H2,1-2H3/i1D3. The van der Waals surface area contributed by atoms with Crippen molar-refractivity contribution in [3.8, 4) is 17.3 Å². The van der Waals surface area contributed by atoms with Gasteiger partial charge in [-0.1, -0.05) is 18.2 Å². The summed E-state index contributed by atoms with van der Waals surface area (Å²) in [5, 5.41) is 24.1. The highest BCUT2D eigenvalue weighted by atomic mass is 32.1. The summed E-state index contributed by atoms with van der Waals surface area (Å²) in [4.78, 5) is 24.6. The fourth-order valence-corrected chi connectivity index (χ4v) is 6.20. The van der Waals surface area contributed by atoms with E-state index in [0.29, 0.717) is 77.4 Å². The summed E-state index contributed by atoms with van der Waals surface area (Å²) in [7, 11) is 1.68. The molecule has 10 nitrogen and oxygen atoms in total. The number of β-amino-alcohol motifs (C(OH)–C–C–N with tert-alkyl or cyclic N) is 1. The van der Waals surface area contributed by atoms with Gasteiger partial charge < -0.3 is 19.8 Å². The summed E-state index contributed by atoms with van der Waals surface area (Å²) in [6.45, 7) is 0.557. The van der Waals surface area contributed by atoms with E-state index < -0.39 is 24.6 Å². The number of aryl methyl sites for hydroxylation is 1. The second-order valence-electron chi connectivity index (χ2n) is 10.4. The van der Waals surface area contributed by atoms with E-state index in [-0.39, 0.29) is 24.6 Å². The topological polar surface area (TPSA) is 104 Å². The summed E-state index contributed by atoms with van der Waals surface area (Å²) in [5.41, 5.74) is 2.32. The number of halogens is 2. The number of fused-ring (bicyclic) bond motifs is 1. The lowest BCUT2D eigenvalue weighted by Crippen LogP contribution is -2.57. The third-order valence-corrected chi connectivity index (χ3v) is 8.69. The van der Waals surface area contributed by atoms with E-state index in [1.54, 1.807) is 22.9 Å². The monoisotopic (exact) mass is 595 g/mol. The van der Waals surface area contributed by atoms with Gasteiger partial charge in [0, 0.05) is 56.0 Å². The van der Waals surface area contributed by atoms with Gasteiger partial charge in [-0.2, -0.15) is 10.4 Å². The van der Waals surface area contributed by atoms with Crippen LogP contribution in [-0.2, 0) is 11.2 Å². The molecular formula is C29H30F2N8O2S. The number of carbonyl (C=O) groups excluding carboxylic acids is 1. The van der Waals surface area contributed by atoms with E-state index in [1.165, 1.54) is 35.0 Å². The lowest BCUT2D eigenvalue weighted by atomic mass is 10.1. The minimum atomic E-state index is -2.36. The maximum atomic E-state index is 15.5. The third kappa shape index (κ3) is 5.17. The van der Waals surface area contributed by atoms with Gasteiger partial charge in [-0.05, 0) is 36.8 Å². The molecule has 0 atom stereocenters. The van der Waals surface area contributed by atoms with E-state index >= 15 is 4.39 Å². The van der Waals surface area contributed by atoms with Crippen molar-refractivity contribution >= 4 is 39.3 Å². The molecule has 5 heterocycles. The van der Waals surface area contributed by atoms with Crippen molar-refractivity contribution in [2.45, 2.75) is 19.4 Å². The SMILES string of the molecule is [2H]C([2H])([2H])Cc1nn2cc(F)c(N3CCN(CC(=O)N4CC(O)C4)CC3)cc2c1N(C)c1nc(-c2ccc(F)cc2)c(C#N)s1. The van der Waals surface area contributed by atoms with Crippen LogP contribution in [0.1, 0.15) is 21.5 Å². The molecule has 0 aliphatic carbocycles. The maximum absolute atomic E-state index is 15.5. The first-order valence-electron chi connectivity index (χ1n) is 14.9. The molecule has 1 N–H and O–H groups in total. The highest BCUT2D eigenvalue weighted by Crippen LogP contribution is 2.39. The van der Waals surface area contributed by atoms with Gasteiger partial charge in [0.2, 0.25) is 5.91 Å². The molecule has 0 spiro atoms. The predicted molar refractivity (Wildman–Crippen MR) is 156 cm³/mol. The number of nitriles is 1. The van der Waals surface area contributed by atoms with E-state index in [1.807, 2.05) is 9.80 Å². The van der Waals surface area contributed by atoms with Crippen molar-refractivity contribution in [3.63, 3.8) is 0 Å². The molecule has 2 aliphatic heterocycles. The van der Waals surface area contributed by atoms with Crippen molar-refractivity contribution in [1.29, 1.82) is 5.26 Å². The molecule has 6 rings (SSSR count). The molecule has 2 fully saturated rings. The number of nitrogens with zero attached hydrogens (tertiary/aromatic N) is 8. The fraction of sp³-hybridized carbons (Fsp3) is 0.379. The third-order valence-electron chi connectivity index (χ3n) is 7.66. The van der Waals surface area contributed by atoms with Crippen molar-refractivity contribution < 1.29 is 22.8 Å². The zero-order chi connectivity index (χ0) is 32.0. The summed E-state index contributed by atoms with van der Waals surface area (Å²) < 4.78 is 54.1. The van der Waals surface area contributed by atoms with Crippen LogP contribution >= 0.6 is 11.3 Å². The van der Waals surface area contributed by atoms with Gasteiger partial charge in [0.25, 0.3) is 0 Å². The van der Waals surface area contributed by atoms with Gasteiger partial charge in [-0.3, -0.25) is 9.69 Å². The van der Waals surface area contributed by atoms with Crippen LogP contribution in [0.4, 0.5) is 25.3 Å². The number of hydrogen-bond acceptors (Lipinski definition) is 9. The van der Waals surface area contributed by atoms with Gasteiger partial charge in [0.1, 0.15) is 22.5 Å². The molecule has 218 valence electrons. The minimum Gasteiger partial charge on any atom is -0.389 e. The first kappa shape index (κ1) is 24.5. The Morgan fingerprint density at radius 1 is 1.24 bits per heavy atom. The highest BCUT2D eigenvalue weighted by Gasteiger charge is 2.31. The summed E-state index contributed by atoms with van der Waals surface area (Å²) in [6.07, 6.45) is 0.382. The number of rotatable bonds is 7. The van der Waals surface area contributed by atoms with Crippen LogP contribution in [0.25, 0.3) is 16.8 Å². The number of aromatic nitrogens is 3. The van der Waals surface area contributed by atoms with Crippen LogP contribution in [0.3, 0.4) is 0 Å². The minimum absolute atomic E-state index is 0.0422. The smallest absolute Gasteiger partial charge is 0.236 e. The average Bonchev–Trinajstić information content (AvgIpc) is 3.55. The fourth-order valence-electron chi connectivity index (χ4n) is 5.34. The molecule has 2 saturated heterocycles. The van der Waals surface area contributed by atoms with E-state index in [2.05, 4.69) is 16.2 Å². The molecule has 1 amide bonds. The van der Waals surface area contributed by atoms with Crippen LogP contribution in [-0.4, -0.2) is 94.4 Å². The number of pyridine rings is 1. The van der Waals surface area contributed by atoms with Gasteiger partial charge in [0.05, 0.1) is 41.4 Å². The van der Waals surface area contributed by atoms with Gasteiger partial charge in [-0.25, -0.2) is 18.3 Å². The Bertz CT molecular complexity index is 1780. The first-order valence-corrected chi connectivity index (χ1v) is 14.3. The van der Waals surface area contributed by atoms with Crippen molar-refractivity contribution in [1.82, 2.24) is 24.4 Å². The molecular weight excluding hydrogens is 562 g/mol. The quantitative estimate of drug-likeness (QED) is 0.347. The second-order valence-corrected chi connectivity index (χ2v) is 11.4. The first-order chi connectivity index (χ1) is 21.4. The zero-order valence-corrected chi connectivity index (χ0v) is 23.6. The number of aliphatic hydroxyl groups is 1. The largest absolute Gasteiger partial charge is 0.389 e. The van der Waals surface area contributed by atoms with Crippen LogP contribution in [0.5, 0.6) is 0 Å². The van der Waals surface area contributed by atoms with Crippen LogP contribution in [0.2, 0.25) is 0 Å². The number of amides is 1. The van der Waals surface area contributed by atoms with E-state index in [4.69, 9.17) is 4.11 Å². The molecule has 0 saturated carbocycles. The number of likely N-dealkylation sites (tertiary alicyclic amines) is 1. The van der Waals surface area contributed by atoms with Crippen LogP contribution in [0, 0.1) is 23.0 Å². The van der Waals surface area contributed by atoms with E-state index in [0.717, 1.165) is 11.3 Å². The maximum Gasteiger partial charge on any atom is 0.236 e. The number of hydrogen-bond donors (Lipinski definition) is 1. The van der Waals surface area contributed by atoms with Crippen molar-refractivity contribution in [2.75, 3.05) is 62.7 Å². The summed E-state index contributed by atoms with van der Waals surface area (Å²) in [6, 6.07) is 9.40. The molecule has 0 radical (unpaired) electrons. The molecule has 3 aromatic heterocycles. The number of benzene rings is 1. The van der Waals surface area contributed by atoms with Gasteiger partial charge in [0.15, 0.2) is 10.9 Å². The lowest BCUT2D eigenvalue weighted by molar-refractivity contribution is -0.142. The number of carbonyl (C=O) groups is 1. The Balaban J connectivity index is 1.31. The number of aliphatic hydroxyl groups excluding tert-OH is 1. The zero-order valence-electron chi connectivity index (χ0n) is 25.8. The predicted octanol–water partition coefficient (Wildman–Crippen LogP) is 3.26. The Labute approximate surface area is 249 Å². The number of anilines is 3. The average molecular weight is 596 g/mol. The molecule has 0 bridgehead atoms. The normalized spacial score (nSPS) is 17.5. The summed E-state index contributed by atoms with van der Waals surface area (Å²) >= 11 is 1.10. The molecule has 1 aromatic carbocycles. The van der Waals surface area contributed by atoms with Gasteiger partial charge >= 0.3 is 0 Å². The second kappa shape index (κ2) is 11.3. The Morgan fingerprint density at radius 2 is 1.98 bits per heavy atom. The molecule has 4 aromatic rings. The Hall–Kier alpha value is -4.12. The number of piperazine rings is 1. The summed E-state index contributed by atoms with van der Waals surface area (Å²) in [5.74, 6) is -0.992. The van der Waals surface area contributed by atoms with Crippen LogP contribution < -0.4 is 9.80 Å². The number of thiazole rings is 1. The molecule has 2 aliphatic rings. The van der Waals surface area contributed by atoms with Crippen molar-refractivity contribution in [2.24, 2.45) is 0 Å². The Kier molecular flexibility index (Phi) is 6.57. The van der Waals surface area contributed by atoms with Crippen molar-refractivity contribution in [3.05, 3.63) is 58.7 Å². The lowest BCUT2D eigenvalue weighted by Gasteiger charge is -2.39. The molecule has 13 heteroatoms. The Morgan fingerprint density at radius 3 is 2.64 bits per heavy atom. The van der Waals surface area contributed by atoms with Crippen LogP contribution in [0.15, 0.2) is 36.5 Å².